The lowest BCUT2D eigenvalue weighted by molar-refractivity contribution is 0.375. The minimum atomic E-state index is 0.552. The molecule has 3 nitrogen and oxygen atoms in total. The highest BCUT2D eigenvalue weighted by molar-refractivity contribution is 6.30. The average molecular weight is 364 g/mol. The Bertz CT molecular complexity index is 863. The van der Waals surface area contributed by atoms with E-state index >= 15 is 0 Å². The topological polar surface area (TPSA) is 38.9 Å². The number of allylic oxidation sites excluding steroid dienone is 1. The maximum atomic E-state index is 5.91. The van der Waals surface area contributed by atoms with E-state index in [1.165, 1.54) is 31.2 Å². The Kier molecular flexibility index (Phi) is 5.16. The first-order valence-corrected chi connectivity index (χ1v) is 9.39. The zero-order valence-electron chi connectivity index (χ0n) is 14.4. The lowest BCUT2D eigenvalue weighted by atomic mass is 9.78. The van der Waals surface area contributed by atoms with Crippen LogP contribution in [-0.4, -0.2) is 10.1 Å². The minimum Gasteiger partial charge on any atom is -0.334 e. The van der Waals surface area contributed by atoms with Crippen LogP contribution in [-0.2, 0) is 0 Å². The third-order valence-corrected chi connectivity index (χ3v) is 5.29. The lowest BCUT2D eigenvalue weighted by Crippen LogP contribution is -2.11. The summed E-state index contributed by atoms with van der Waals surface area (Å²) in [6, 6.07) is 18.9. The summed E-state index contributed by atoms with van der Waals surface area (Å²) in [5.74, 6) is 2.39. The summed E-state index contributed by atoms with van der Waals surface area (Å²) >= 11 is 5.91. The van der Waals surface area contributed by atoms with Crippen molar-refractivity contribution in [3.05, 3.63) is 77.2 Å². The molecular formula is C22H20ClN2O. The molecule has 3 aromatic rings. The van der Waals surface area contributed by atoms with Crippen molar-refractivity contribution >= 4 is 17.7 Å². The summed E-state index contributed by atoms with van der Waals surface area (Å²) in [4.78, 5) is 4.45. The van der Waals surface area contributed by atoms with Crippen molar-refractivity contribution in [1.82, 2.24) is 10.1 Å². The van der Waals surface area contributed by atoms with E-state index in [1.54, 1.807) is 0 Å². The Labute approximate surface area is 158 Å². The molecule has 1 heterocycles. The van der Waals surface area contributed by atoms with Crippen LogP contribution in [0, 0.1) is 12.0 Å². The van der Waals surface area contributed by atoms with Crippen LogP contribution in [0.2, 0.25) is 5.02 Å². The smallest absolute Gasteiger partial charge is 0.250 e. The van der Waals surface area contributed by atoms with Crippen LogP contribution in [0.3, 0.4) is 0 Å². The number of aromatic nitrogens is 2. The average Bonchev–Trinajstić information content (AvgIpc) is 3.17. The molecule has 1 saturated carbocycles. The number of nitrogens with zero attached hydrogens (tertiary/aromatic N) is 2. The van der Waals surface area contributed by atoms with Gasteiger partial charge in [-0.2, -0.15) is 4.98 Å². The van der Waals surface area contributed by atoms with Gasteiger partial charge in [-0.05, 0) is 79.5 Å². The summed E-state index contributed by atoms with van der Waals surface area (Å²) in [7, 11) is 0. The highest BCUT2D eigenvalue weighted by Gasteiger charge is 2.20. The standard InChI is InChI=1S/C22H20ClN2O/c23-20-13-11-19(12-14-20)22-24-21(26-25-22)15-8-16-6-9-18(10-7-16)17-4-2-1-3-5-17/h2-5,8,11-16,18H,6-7,9-10H2. The maximum absolute atomic E-state index is 5.91. The van der Waals surface area contributed by atoms with Crippen LogP contribution in [0.1, 0.15) is 43.1 Å². The highest BCUT2D eigenvalue weighted by atomic mass is 35.5. The quantitative estimate of drug-likeness (QED) is 0.555. The van der Waals surface area contributed by atoms with Crippen molar-refractivity contribution in [1.29, 1.82) is 0 Å². The van der Waals surface area contributed by atoms with Crippen molar-refractivity contribution < 1.29 is 4.52 Å². The molecule has 2 aromatic carbocycles. The molecule has 0 saturated heterocycles. The van der Waals surface area contributed by atoms with Gasteiger partial charge in [0.1, 0.15) is 0 Å². The molecule has 1 aliphatic carbocycles. The van der Waals surface area contributed by atoms with Gasteiger partial charge in [0.05, 0.1) is 0 Å². The summed E-state index contributed by atoms with van der Waals surface area (Å²) < 4.78 is 5.35. The van der Waals surface area contributed by atoms with Gasteiger partial charge in [0.15, 0.2) is 0 Å². The summed E-state index contributed by atoms with van der Waals surface area (Å²) in [5.41, 5.74) is 2.34. The van der Waals surface area contributed by atoms with E-state index in [4.69, 9.17) is 16.1 Å². The molecular weight excluding hydrogens is 344 g/mol. The molecule has 0 aliphatic heterocycles. The van der Waals surface area contributed by atoms with Gasteiger partial charge in [0, 0.05) is 10.6 Å². The third-order valence-electron chi connectivity index (χ3n) is 5.04. The molecule has 4 rings (SSSR count). The second-order valence-corrected chi connectivity index (χ2v) is 7.20. The molecule has 1 aliphatic rings. The summed E-state index contributed by atoms with van der Waals surface area (Å²) in [6.45, 7) is 0. The third kappa shape index (κ3) is 4.05. The van der Waals surface area contributed by atoms with Gasteiger partial charge in [-0.15, -0.1) is 0 Å². The minimum absolute atomic E-state index is 0.552. The van der Waals surface area contributed by atoms with Crippen LogP contribution in [0.4, 0.5) is 0 Å². The maximum Gasteiger partial charge on any atom is 0.250 e. The van der Waals surface area contributed by atoms with Crippen LogP contribution in [0.5, 0.6) is 0 Å². The lowest BCUT2D eigenvalue weighted by Gasteiger charge is -2.26. The molecule has 1 radical (unpaired) electrons. The highest BCUT2D eigenvalue weighted by Crippen LogP contribution is 2.36. The van der Waals surface area contributed by atoms with E-state index in [9.17, 15) is 0 Å². The van der Waals surface area contributed by atoms with Crippen LogP contribution >= 0.6 is 11.6 Å². The number of benzene rings is 2. The molecule has 131 valence electrons. The molecule has 1 aromatic heterocycles. The van der Waals surface area contributed by atoms with Gasteiger partial charge in [-0.3, -0.25) is 0 Å². The van der Waals surface area contributed by atoms with Gasteiger partial charge in [-0.25, -0.2) is 0 Å². The Morgan fingerprint density at radius 2 is 1.73 bits per heavy atom. The van der Waals surface area contributed by atoms with E-state index in [2.05, 4.69) is 34.4 Å². The molecule has 0 amide bonds. The number of hydrogen-bond donors (Lipinski definition) is 0. The number of hydrogen-bond acceptors (Lipinski definition) is 3. The van der Waals surface area contributed by atoms with Crippen LogP contribution < -0.4 is 0 Å². The van der Waals surface area contributed by atoms with E-state index in [1.807, 2.05) is 42.5 Å². The number of rotatable bonds is 4. The largest absolute Gasteiger partial charge is 0.334 e. The second kappa shape index (κ2) is 7.88. The first kappa shape index (κ1) is 17.0. The molecule has 26 heavy (non-hydrogen) atoms. The molecule has 0 atom stereocenters. The predicted molar refractivity (Wildman–Crippen MR) is 104 cm³/mol. The van der Waals surface area contributed by atoms with Crippen molar-refractivity contribution in [2.24, 2.45) is 5.92 Å². The fraction of sp³-hybridized carbons (Fsp3) is 0.273. The van der Waals surface area contributed by atoms with Crippen molar-refractivity contribution in [2.75, 3.05) is 0 Å². The van der Waals surface area contributed by atoms with E-state index in [-0.39, 0.29) is 0 Å². The number of halogens is 1. The predicted octanol–water partition coefficient (Wildman–Crippen LogP) is 6.18. The van der Waals surface area contributed by atoms with E-state index < -0.39 is 0 Å². The van der Waals surface area contributed by atoms with E-state index in [0.29, 0.717) is 28.6 Å². The van der Waals surface area contributed by atoms with Gasteiger partial charge >= 0.3 is 0 Å². The van der Waals surface area contributed by atoms with Crippen molar-refractivity contribution in [3.63, 3.8) is 0 Å². The Balaban J connectivity index is 1.35. The Morgan fingerprint density at radius 3 is 2.46 bits per heavy atom. The summed E-state index contributed by atoms with van der Waals surface area (Å²) in [5, 5.41) is 4.74. The van der Waals surface area contributed by atoms with Crippen molar-refractivity contribution in [2.45, 2.75) is 31.6 Å². The van der Waals surface area contributed by atoms with Gasteiger partial charge < -0.3 is 4.52 Å². The zero-order valence-corrected chi connectivity index (χ0v) is 15.2. The summed E-state index contributed by atoms with van der Waals surface area (Å²) in [6.07, 6.45) is 9.00. The molecule has 1 fully saturated rings. The zero-order chi connectivity index (χ0) is 17.8. The fourth-order valence-corrected chi connectivity index (χ4v) is 3.68. The van der Waals surface area contributed by atoms with Crippen molar-refractivity contribution in [3.8, 4) is 11.4 Å². The second-order valence-electron chi connectivity index (χ2n) is 6.77. The monoisotopic (exact) mass is 363 g/mol. The van der Waals surface area contributed by atoms with Crippen LogP contribution in [0.15, 0.2) is 59.1 Å². The molecule has 0 unspecified atom stereocenters. The SMILES string of the molecule is Clc1ccc(-c2noc(C=CC3CCC(c4cc[c]cc4)CC3)n2)cc1. The normalized spacial score (nSPS) is 20.5. The molecule has 0 N–H and O–H groups in total. The molecule has 0 spiro atoms. The Hall–Kier alpha value is -2.39. The van der Waals surface area contributed by atoms with Gasteiger partial charge in [0.2, 0.25) is 5.82 Å². The van der Waals surface area contributed by atoms with Crippen LogP contribution in [0.25, 0.3) is 17.5 Å². The fourth-order valence-electron chi connectivity index (χ4n) is 3.55. The first-order valence-electron chi connectivity index (χ1n) is 9.02. The first-order chi connectivity index (χ1) is 12.8. The molecule has 4 heteroatoms. The van der Waals surface area contributed by atoms with E-state index in [0.717, 1.165) is 5.56 Å². The Morgan fingerprint density at radius 1 is 1.00 bits per heavy atom. The van der Waals surface area contributed by atoms with Gasteiger partial charge in [-0.1, -0.05) is 47.1 Å². The molecule has 0 bridgehead atoms. The van der Waals surface area contributed by atoms with Gasteiger partial charge in [0.25, 0.3) is 5.89 Å².